The summed E-state index contributed by atoms with van der Waals surface area (Å²) in [6, 6.07) is -0.193. The van der Waals surface area contributed by atoms with Gasteiger partial charge in [-0.3, -0.25) is 4.79 Å². The molecule has 0 atom stereocenters. The summed E-state index contributed by atoms with van der Waals surface area (Å²) in [7, 11) is 0. The molecule has 1 aliphatic heterocycles. The minimum Gasteiger partial charge on any atom is -0.480 e. The molecule has 6 heteroatoms. The number of carbonyl (C=O) groups is 2. The van der Waals surface area contributed by atoms with E-state index < -0.39 is 11.5 Å². The molecule has 2 amide bonds. The van der Waals surface area contributed by atoms with E-state index in [1.54, 1.807) is 4.90 Å². The van der Waals surface area contributed by atoms with E-state index in [4.69, 9.17) is 5.11 Å². The van der Waals surface area contributed by atoms with E-state index in [-0.39, 0.29) is 12.6 Å². The predicted molar refractivity (Wildman–Crippen MR) is 63.9 cm³/mol. The molecule has 0 saturated carbocycles. The van der Waals surface area contributed by atoms with Crippen molar-refractivity contribution >= 4 is 12.0 Å². The van der Waals surface area contributed by atoms with Crippen LogP contribution in [0.5, 0.6) is 0 Å². The molecule has 1 saturated heterocycles. The molecule has 98 valence electrons. The van der Waals surface area contributed by atoms with Crippen molar-refractivity contribution in [2.45, 2.75) is 26.3 Å². The van der Waals surface area contributed by atoms with E-state index in [1.165, 1.54) is 4.90 Å². The number of piperazine rings is 1. The third kappa shape index (κ3) is 3.89. The Kier molecular flexibility index (Phi) is 4.34. The average Bonchev–Trinajstić information content (AvgIpc) is 2.24. The highest BCUT2D eigenvalue weighted by Crippen LogP contribution is 2.15. The van der Waals surface area contributed by atoms with Crippen molar-refractivity contribution in [1.82, 2.24) is 15.1 Å². The summed E-state index contributed by atoms with van der Waals surface area (Å²) in [6.07, 6.45) is 0. The van der Waals surface area contributed by atoms with Gasteiger partial charge in [0, 0.05) is 31.7 Å². The number of nitrogens with zero attached hydrogens (tertiary/aromatic N) is 2. The van der Waals surface area contributed by atoms with Gasteiger partial charge in [0.15, 0.2) is 0 Å². The van der Waals surface area contributed by atoms with Crippen LogP contribution in [0.25, 0.3) is 0 Å². The second-order valence-electron chi connectivity index (χ2n) is 5.17. The van der Waals surface area contributed by atoms with Crippen LogP contribution in [0.15, 0.2) is 0 Å². The summed E-state index contributed by atoms with van der Waals surface area (Å²) < 4.78 is 0. The molecule has 0 aromatic carbocycles. The fourth-order valence-electron chi connectivity index (χ4n) is 1.75. The number of carboxylic acids is 1. The highest BCUT2D eigenvalue weighted by atomic mass is 16.4. The molecule has 0 unspecified atom stereocenters. The van der Waals surface area contributed by atoms with E-state index in [0.717, 1.165) is 13.1 Å². The standard InChI is InChI=1S/C11H21N3O3/c1-11(2,3)14(8-9(15)16)10(17)13-6-4-12-5-7-13/h12H,4-8H2,1-3H3,(H,15,16). The van der Waals surface area contributed by atoms with Crippen molar-refractivity contribution in [1.29, 1.82) is 0 Å². The SMILES string of the molecule is CC(C)(C)N(CC(=O)O)C(=O)N1CCNCC1. The maximum Gasteiger partial charge on any atom is 0.323 e. The monoisotopic (exact) mass is 243 g/mol. The van der Waals surface area contributed by atoms with Gasteiger partial charge >= 0.3 is 12.0 Å². The summed E-state index contributed by atoms with van der Waals surface area (Å²) in [5, 5.41) is 12.0. The summed E-state index contributed by atoms with van der Waals surface area (Å²) in [5.74, 6) is -0.983. The molecule has 2 N–H and O–H groups in total. The first-order valence-electron chi connectivity index (χ1n) is 5.81. The number of nitrogens with one attached hydrogen (secondary N) is 1. The molecule has 1 heterocycles. The lowest BCUT2D eigenvalue weighted by atomic mass is 10.1. The van der Waals surface area contributed by atoms with Gasteiger partial charge in [0.25, 0.3) is 0 Å². The number of urea groups is 1. The van der Waals surface area contributed by atoms with Crippen molar-refractivity contribution in [2.24, 2.45) is 0 Å². The number of aliphatic carboxylic acids is 1. The van der Waals surface area contributed by atoms with Gasteiger partial charge < -0.3 is 20.2 Å². The minimum absolute atomic E-state index is 0.193. The third-order valence-electron chi connectivity index (χ3n) is 2.72. The Hall–Kier alpha value is -1.30. The number of carbonyl (C=O) groups excluding carboxylic acids is 1. The summed E-state index contributed by atoms with van der Waals surface area (Å²) >= 11 is 0. The second-order valence-corrected chi connectivity index (χ2v) is 5.17. The molecular formula is C11H21N3O3. The molecule has 17 heavy (non-hydrogen) atoms. The zero-order valence-corrected chi connectivity index (χ0v) is 10.7. The third-order valence-corrected chi connectivity index (χ3v) is 2.72. The molecule has 0 spiro atoms. The normalized spacial score (nSPS) is 16.8. The van der Waals surface area contributed by atoms with Crippen molar-refractivity contribution in [3.8, 4) is 0 Å². The zero-order chi connectivity index (χ0) is 13.1. The first-order valence-corrected chi connectivity index (χ1v) is 5.81. The lowest BCUT2D eigenvalue weighted by molar-refractivity contribution is -0.138. The first-order chi connectivity index (χ1) is 7.82. The smallest absolute Gasteiger partial charge is 0.323 e. The van der Waals surface area contributed by atoms with Crippen LogP contribution in [-0.4, -0.2) is 65.2 Å². The van der Waals surface area contributed by atoms with Crippen LogP contribution in [0.4, 0.5) is 4.79 Å². The van der Waals surface area contributed by atoms with Crippen LogP contribution in [0.3, 0.4) is 0 Å². The Morgan fingerprint density at radius 3 is 2.24 bits per heavy atom. The van der Waals surface area contributed by atoms with E-state index in [2.05, 4.69) is 5.32 Å². The van der Waals surface area contributed by atoms with Gasteiger partial charge in [0.1, 0.15) is 6.54 Å². The number of hydrogen-bond acceptors (Lipinski definition) is 3. The molecule has 0 radical (unpaired) electrons. The number of carboxylic acid groups (broad SMARTS) is 1. The van der Waals surface area contributed by atoms with Crippen LogP contribution in [0.2, 0.25) is 0 Å². The summed E-state index contributed by atoms with van der Waals surface area (Å²) in [5.41, 5.74) is -0.486. The highest BCUT2D eigenvalue weighted by molar-refractivity contribution is 5.81. The maximum absolute atomic E-state index is 12.2. The Balaban J connectivity index is 2.74. The fraction of sp³-hybridized carbons (Fsp3) is 0.818. The first kappa shape index (κ1) is 13.8. The topological polar surface area (TPSA) is 72.9 Å². The second kappa shape index (κ2) is 5.35. The van der Waals surface area contributed by atoms with Gasteiger partial charge in [-0.05, 0) is 20.8 Å². The zero-order valence-electron chi connectivity index (χ0n) is 10.7. The predicted octanol–water partition coefficient (Wildman–Crippen LogP) is 0.197. The average molecular weight is 243 g/mol. The van der Waals surface area contributed by atoms with E-state index in [9.17, 15) is 9.59 Å². The lowest BCUT2D eigenvalue weighted by Gasteiger charge is -2.39. The van der Waals surface area contributed by atoms with Crippen molar-refractivity contribution in [2.75, 3.05) is 32.7 Å². The van der Waals surface area contributed by atoms with Crippen molar-refractivity contribution < 1.29 is 14.7 Å². The molecule has 0 aliphatic carbocycles. The Morgan fingerprint density at radius 2 is 1.82 bits per heavy atom. The molecule has 6 nitrogen and oxygen atoms in total. The van der Waals surface area contributed by atoms with Crippen LogP contribution >= 0.6 is 0 Å². The van der Waals surface area contributed by atoms with Crippen LogP contribution < -0.4 is 5.32 Å². The highest BCUT2D eigenvalue weighted by Gasteiger charge is 2.32. The molecule has 0 bridgehead atoms. The van der Waals surface area contributed by atoms with Gasteiger partial charge in [-0.2, -0.15) is 0 Å². The lowest BCUT2D eigenvalue weighted by Crippen LogP contribution is -2.57. The Bertz CT molecular complexity index is 293. The molecule has 0 aromatic rings. The van der Waals surface area contributed by atoms with E-state index in [0.29, 0.717) is 13.1 Å². The molecular weight excluding hydrogens is 222 g/mol. The molecule has 1 fully saturated rings. The molecule has 1 aliphatic rings. The van der Waals surface area contributed by atoms with E-state index in [1.807, 2.05) is 20.8 Å². The fourth-order valence-corrected chi connectivity index (χ4v) is 1.75. The van der Waals surface area contributed by atoms with Crippen LogP contribution in [0.1, 0.15) is 20.8 Å². The Morgan fingerprint density at radius 1 is 1.29 bits per heavy atom. The van der Waals surface area contributed by atoms with Gasteiger partial charge in [0.05, 0.1) is 0 Å². The van der Waals surface area contributed by atoms with Gasteiger partial charge in [-0.25, -0.2) is 4.79 Å². The van der Waals surface area contributed by atoms with Gasteiger partial charge in [-0.15, -0.1) is 0 Å². The molecule has 0 aromatic heterocycles. The van der Waals surface area contributed by atoms with E-state index >= 15 is 0 Å². The van der Waals surface area contributed by atoms with Crippen LogP contribution in [0, 0.1) is 0 Å². The number of hydrogen-bond donors (Lipinski definition) is 2. The van der Waals surface area contributed by atoms with Crippen LogP contribution in [-0.2, 0) is 4.79 Å². The van der Waals surface area contributed by atoms with Gasteiger partial charge in [-0.1, -0.05) is 0 Å². The molecule has 1 rings (SSSR count). The summed E-state index contributed by atoms with van der Waals surface area (Å²) in [4.78, 5) is 26.2. The summed E-state index contributed by atoms with van der Waals surface area (Å²) in [6.45, 7) is 8.05. The quantitative estimate of drug-likeness (QED) is 0.726. The number of rotatable bonds is 2. The van der Waals surface area contributed by atoms with Crippen molar-refractivity contribution in [3.05, 3.63) is 0 Å². The number of amides is 2. The van der Waals surface area contributed by atoms with Crippen molar-refractivity contribution in [3.63, 3.8) is 0 Å². The van der Waals surface area contributed by atoms with Gasteiger partial charge in [0.2, 0.25) is 0 Å². The minimum atomic E-state index is -0.983. The maximum atomic E-state index is 12.2. The Labute approximate surface area is 102 Å². The largest absolute Gasteiger partial charge is 0.480 e.